The second-order valence-corrected chi connectivity index (χ2v) is 2.46. The van der Waals surface area contributed by atoms with Crippen molar-refractivity contribution in [1.29, 1.82) is 0 Å². The molecule has 70 valence electrons. The Hall–Kier alpha value is 0.240. The summed E-state index contributed by atoms with van der Waals surface area (Å²) in [4.78, 5) is 0. The van der Waals surface area contributed by atoms with Gasteiger partial charge in [0.15, 0.2) is 0 Å². The van der Waals surface area contributed by atoms with E-state index < -0.39 is 20.9 Å². The van der Waals surface area contributed by atoms with Crippen LogP contribution in [-0.4, -0.2) is 33.7 Å². The minimum Gasteiger partial charge on any atom is -0.394 e. The van der Waals surface area contributed by atoms with Crippen LogP contribution in [0.25, 0.3) is 0 Å². The first-order valence-corrected chi connectivity index (χ1v) is 4.78. The van der Waals surface area contributed by atoms with Crippen LogP contribution >= 0.6 is 0 Å². The Balaban J connectivity index is 0. The van der Waals surface area contributed by atoms with Gasteiger partial charge in [0.05, 0.1) is 12.7 Å². The molecule has 5 N–H and O–H groups in total. The third-order valence-electron chi connectivity index (χ3n) is 0.711. The van der Waals surface area contributed by atoms with Gasteiger partial charge in [0.2, 0.25) is 0 Å². The second kappa shape index (κ2) is 10.2. The summed E-state index contributed by atoms with van der Waals surface area (Å²) in [6.07, 6.45) is -0.138. The molecule has 0 aromatic carbocycles. The number of hydrogen-bond donors (Lipinski definition) is 4. The predicted molar refractivity (Wildman–Crippen MR) is 29.0 cm³/mol. The van der Waals surface area contributed by atoms with Crippen molar-refractivity contribution in [3.63, 3.8) is 0 Å². The lowest BCUT2D eigenvalue weighted by atomic mass is 10.3. The molecule has 0 saturated heterocycles. The zero-order valence-corrected chi connectivity index (χ0v) is 7.40. The maximum absolute atomic E-state index is 8.63. The van der Waals surface area contributed by atoms with E-state index in [9.17, 15) is 0 Å². The Morgan fingerprint density at radius 1 is 1.45 bits per heavy atom. The third-order valence-corrected chi connectivity index (χ3v) is 0.711. The van der Waals surface area contributed by atoms with E-state index in [0.29, 0.717) is 13.0 Å². The molecule has 1 atom stereocenters. The van der Waals surface area contributed by atoms with Gasteiger partial charge in [-0.25, -0.2) is 0 Å². The highest BCUT2D eigenvalue weighted by molar-refractivity contribution is 4.50. The fourth-order valence-electron chi connectivity index (χ4n) is 0.284. The van der Waals surface area contributed by atoms with Crippen LogP contribution in [0.5, 0.6) is 0 Å². The summed E-state index contributed by atoms with van der Waals surface area (Å²) in [6.45, 7) is 0.249. The maximum atomic E-state index is 8.63. The monoisotopic (exact) mass is 233 g/mol. The highest BCUT2D eigenvalue weighted by atomic mass is 80.0. The molecule has 6 nitrogen and oxygen atoms in total. The molecule has 1 unspecified atom stereocenters. The van der Waals surface area contributed by atoms with Crippen LogP contribution in [0.4, 0.5) is 0 Å². The maximum Gasteiger partial charge on any atom is 0.433 e. The summed E-state index contributed by atoms with van der Waals surface area (Å²) in [6, 6.07) is 0. The topological polar surface area (TPSA) is 133 Å². The molecule has 0 radical (unpaired) electrons. The van der Waals surface area contributed by atoms with E-state index in [1.807, 2.05) is 0 Å². The predicted octanol–water partition coefficient (Wildman–Crippen LogP) is -4.25. The summed E-state index contributed by atoms with van der Waals surface area (Å²) >= 11 is -3.40. The average Bonchev–Trinajstić information content (AvgIpc) is 1.87. The lowest BCUT2D eigenvalue weighted by molar-refractivity contribution is -1.63. The first-order chi connectivity index (χ1) is 5.04. The lowest BCUT2D eigenvalue weighted by Crippen LogP contribution is -2.30. The minimum atomic E-state index is -3.40. The standard InChI is InChI=1S/C4H11NO2.BrHO3/c5-2-1-4(7)3-6;2-1(3)4/h4,6-7H,1-3,5H2;2H. The fourth-order valence-corrected chi connectivity index (χ4v) is 0.284. The first kappa shape index (κ1) is 13.8. The highest BCUT2D eigenvalue weighted by Gasteiger charge is 1.96. The van der Waals surface area contributed by atoms with Gasteiger partial charge >= 0.3 is 14.8 Å². The van der Waals surface area contributed by atoms with Crippen molar-refractivity contribution in [2.45, 2.75) is 12.5 Å². The number of aliphatic hydroxyl groups is 2. The molecule has 0 amide bonds. The van der Waals surface area contributed by atoms with Crippen LogP contribution in [-0.2, 0) is 0 Å². The molecule has 0 aliphatic rings. The van der Waals surface area contributed by atoms with Crippen molar-refractivity contribution in [1.82, 2.24) is 0 Å². The van der Waals surface area contributed by atoms with E-state index in [-0.39, 0.29) is 6.61 Å². The zero-order valence-electron chi connectivity index (χ0n) is 5.81. The van der Waals surface area contributed by atoms with Gasteiger partial charge in [-0.05, 0) is 17.2 Å². The quantitative estimate of drug-likeness (QED) is 0.391. The van der Waals surface area contributed by atoms with E-state index in [1.165, 1.54) is 0 Å². The Bertz CT molecular complexity index is 70.7. The molecule has 0 heterocycles. The van der Waals surface area contributed by atoms with Crippen LogP contribution in [0.1, 0.15) is 6.42 Å². The zero-order chi connectivity index (χ0) is 9.28. The van der Waals surface area contributed by atoms with Gasteiger partial charge in [0.25, 0.3) is 0 Å². The third kappa shape index (κ3) is 25.3. The number of rotatable bonds is 3. The Labute approximate surface area is 69.7 Å². The summed E-state index contributed by atoms with van der Waals surface area (Å²) in [5, 5.41) is 16.7. The Kier molecular flexibility index (Phi) is 12.9. The number of aliphatic hydroxyl groups excluding tert-OH is 2. The van der Waals surface area contributed by atoms with Gasteiger partial charge in [-0.1, -0.05) is 0 Å². The van der Waals surface area contributed by atoms with E-state index in [1.54, 1.807) is 0 Å². The van der Waals surface area contributed by atoms with Crippen molar-refractivity contribution in [3.8, 4) is 0 Å². The molecule has 0 aliphatic carbocycles. The molecule has 0 aromatic rings. The highest BCUT2D eigenvalue weighted by Crippen LogP contribution is 1.83. The molecule has 0 rings (SSSR count). The normalized spacial score (nSPS) is 12.3. The van der Waals surface area contributed by atoms with Gasteiger partial charge in [-0.15, -0.1) is 0 Å². The number of hydrogen-bond acceptors (Lipinski definition) is 6. The largest absolute Gasteiger partial charge is 0.433 e. The van der Waals surface area contributed by atoms with E-state index in [0.717, 1.165) is 0 Å². The molecule has 0 aliphatic heterocycles. The fraction of sp³-hybridized carbons (Fsp3) is 1.00. The molecule has 0 fully saturated rings. The van der Waals surface area contributed by atoms with E-state index >= 15 is 0 Å². The Morgan fingerprint density at radius 2 is 1.82 bits per heavy atom. The average molecular weight is 234 g/mol. The van der Waals surface area contributed by atoms with Crippen LogP contribution in [0, 0.1) is 14.8 Å². The van der Waals surface area contributed by atoms with Crippen LogP contribution in [0.2, 0.25) is 0 Å². The van der Waals surface area contributed by atoms with Crippen LogP contribution in [0.15, 0.2) is 0 Å². The molecule has 0 aromatic heterocycles. The number of halogens is 1. The summed E-state index contributed by atoms with van der Waals surface area (Å²) < 4.78 is 24.3. The minimum absolute atomic E-state index is 0.183. The number of nitrogens with two attached hydrogens (primary N) is 1. The van der Waals surface area contributed by atoms with Crippen molar-refractivity contribution in [2.24, 2.45) is 5.73 Å². The molecule has 0 saturated carbocycles. The van der Waals surface area contributed by atoms with Gasteiger partial charge in [-0.3, -0.25) is 0 Å². The van der Waals surface area contributed by atoms with Crippen LogP contribution < -0.4 is 14.1 Å². The second-order valence-electron chi connectivity index (χ2n) is 1.61. The van der Waals surface area contributed by atoms with Gasteiger partial charge in [0.1, 0.15) is 0 Å². The van der Waals surface area contributed by atoms with E-state index in [4.69, 9.17) is 28.5 Å². The molecular weight excluding hydrogens is 222 g/mol. The van der Waals surface area contributed by atoms with Crippen molar-refractivity contribution >= 4 is 0 Å². The van der Waals surface area contributed by atoms with Crippen molar-refractivity contribution in [3.05, 3.63) is 0 Å². The lowest BCUT2D eigenvalue weighted by Gasteiger charge is -2.01. The van der Waals surface area contributed by atoms with Gasteiger partial charge < -0.3 is 24.3 Å². The molecular formula is C4H12BrNO5. The molecule has 0 spiro atoms. The van der Waals surface area contributed by atoms with Crippen molar-refractivity contribution in [2.75, 3.05) is 13.2 Å². The summed E-state index contributed by atoms with van der Waals surface area (Å²) in [5.74, 6) is 0. The summed E-state index contributed by atoms with van der Waals surface area (Å²) in [5.41, 5.74) is 5.03. The molecule has 7 heteroatoms. The SMILES string of the molecule is NCCC(O)CO.[O-][Br+2]([O-])O. The summed E-state index contributed by atoms with van der Waals surface area (Å²) in [7, 11) is 0. The van der Waals surface area contributed by atoms with E-state index in [2.05, 4.69) is 0 Å². The van der Waals surface area contributed by atoms with Gasteiger partial charge in [-0.2, -0.15) is 0 Å². The molecule has 11 heavy (non-hydrogen) atoms. The first-order valence-electron chi connectivity index (χ1n) is 2.78. The van der Waals surface area contributed by atoms with Crippen LogP contribution in [0.3, 0.4) is 0 Å². The van der Waals surface area contributed by atoms with Gasteiger partial charge in [0, 0.05) is 0 Å². The smallest absolute Gasteiger partial charge is 0.394 e. The van der Waals surface area contributed by atoms with Crippen molar-refractivity contribution < 1.29 is 37.6 Å². The molecule has 0 bridgehead atoms. The Morgan fingerprint density at radius 3 is 1.91 bits per heavy atom.